The molecular formula is C21H23N3O4S. The van der Waals surface area contributed by atoms with Crippen LogP contribution >= 0.6 is 0 Å². The minimum atomic E-state index is -3.57. The number of fused-ring (bicyclic) bond motifs is 1. The van der Waals surface area contributed by atoms with Crippen LogP contribution < -0.4 is 10.9 Å². The Kier molecular flexibility index (Phi) is 5.86. The highest BCUT2D eigenvalue weighted by molar-refractivity contribution is 7.89. The molecule has 1 amide bonds. The number of hydrogen-bond acceptors (Lipinski definition) is 4. The number of hydrogen-bond donors (Lipinski definition) is 2. The first kappa shape index (κ1) is 20.8. The molecule has 152 valence electrons. The number of rotatable bonds is 6. The maximum Gasteiger partial charge on any atom is 0.255 e. The van der Waals surface area contributed by atoms with Gasteiger partial charge in [-0.25, -0.2) is 8.42 Å². The lowest BCUT2D eigenvalue weighted by atomic mass is 10.1. The van der Waals surface area contributed by atoms with Gasteiger partial charge in [-0.15, -0.1) is 0 Å². The molecule has 0 unspecified atom stereocenters. The Morgan fingerprint density at radius 1 is 1.03 bits per heavy atom. The lowest BCUT2D eigenvalue weighted by Crippen LogP contribution is -2.30. The molecule has 7 nitrogen and oxygen atoms in total. The zero-order valence-corrected chi connectivity index (χ0v) is 17.3. The lowest BCUT2D eigenvalue weighted by molar-refractivity contribution is 0.102. The van der Waals surface area contributed by atoms with E-state index in [2.05, 4.69) is 10.3 Å². The van der Waals surface area contributed by atoms with E-state index in [1.807, 2.05) is 13.0 Å². The molecule has 0 atom stereocenters. The van der Waals surface area contributed by atoms with Gasteiger partial charge in [0, 0.05) is 35.8 Å². The van der Waals surface area contributed by atoms with E-state index in [4.69, 9.17) is 0 Å². The molecule has 0 aliphatic heterocycles. The summed E-state index contributed by atoms with van der Waals surface area (Å²) in [5, 5.41) is 3.67. The fourth-order valence-electron chi connectivity index (χ4n) is 3.21. The molecule has 0 radical (unpaired) electrons. The van der Waals surface area contributed by atoms with Crippen molar-refractivity contribution in [3.63, 3.8) is 0 Å². The number of H-pyrrole nitrogens is 1. The molecular weight excluding hydrogens is 390 g/mol. The van der Waals surface area contributed by atoms with Crippen molar-refractivity contribution in [3.05, 3.63) is 70.0 Å². The summed E-state index contributed by atoms with van der Waals surface area (Å²) in [6.45, 7) is 6.17. The average Bonchev–Trinajstić information content (AvgIpc) is 2.68. The fourth-order valence-corrected chi connectivity index (χ4v) is 4.66. The summed E-state index contributed by atoms with van der Waals surface area (Å²) >= 11 is 0. The molecule has 0 saturated carbocycles. The summed E-state index contributed by atoms with van der Waals surface area (Å²) in [4.78, 5) is 27.1. The highest BCUT2D eigenvalue weighted by Crippen LogP contribution is 2.20. The molecule has 2 N–H and O–H groups in total. The van der Waals surface area contributed by atoms with E-state index in [0.29, 0.717) is 29.9 Å². The number of carbonyl (C=O) groups is 1. The molecule has 3 aromatic rings. The molecule has 0 saturated heterocycles. The third-order valence-corrected chi connectivity index (χ3v) is 6.83. The van der Waals surface area contributed by atoms with Gasteiger partial charge in [-0.1, -0.05) is 19.9 Å². The van der Waals surface area contributed by atoms with Crippen LogP contribution in [0.1, 0.15) is 29.8 Å². The maximum absolute atomic E-state index is 12.5. The first-order chi connectivity index (χ1) is 13.8. The van der Waals surface area contributed by atoms with Gasteiger partial charge in [0.15, 0.2) is 0 Å². The van der Waals surface area contributed by atoms with Crippen LogP contribution in [0.3, 0.4) is 0 Å². The van der Waals surface area contributed by atoms with Gasteiger partial charge in [-0.05, 0) is 48.9 Å². The van der Waals surface area contributed by atoms with Gasteiger partial charge in [0.1, 0.15) is 0 Å². The Labute approximate surface area is 169 Å². The zero-order chi connectivity index (χ0) is 21.2. The number of nitrogens with one attached hydrogen (secondary N) is 2. The Bertz CT molecular complexity index is 1210. The monoisotopic (exact) mass is 413 g/mol. The van der Waals surface area contributed by atoms with Crippen LogP contribution in [0.25, 0.3) is 10.9 Å². The van der Waals surface area contributed by atoms with E-state index in [1.165, 1.54) is 34.6 Å². The maximum atomic E-state index is 12.5. The molecule has 8 heteroatoms. The van der Waals surface area contributed by atoms with Gasteiger partial charge in [-0.3, -0.25) is 9.59 Å². The summed E-state index contributed by atoms with van der Waals surface area (Å²) in [7, 11) is -3.57. The minimum Gasteiger partial charge on any atom is -0.322 e. The van der Waals surface area contributed by atoms with E-state index >= 15 is 0 Å². The van der Waals surface area contributed by atoms with Gasteiger partial charge >= 0.3 is 0 Å². The highest BCUT2D eigenvalue weighted by atomic mass is 32.2. The number of benzene rings is 2. The fraction of sp³-hybridized carbons (Fsp3) is 0.238. The largest absolute Gasteiger partial charge is 0.322 e. The Morgan fingerprint density at radius 2 is 1.69 bits per heavy atom. The summed E-state index contributed by atoms with van der Waals surface area (Å²) in [6.07, 6.45) is 0. The number of aryl methyl sites for hydroxylation is 1. The molecule has 1 heterocycles. The predicted molar refractivity (Wildman–Crippen MR) is 114 cm³/mol. The molecule has 1 aromatic heterocycles. The molecule has 0 spiro atoms. The van der Waals surface area contributed by atoms with Crippen LogP contribution in [0, 0.1) is 6.92 Å². The number of amides is 1. The standard InChI is InChI=1S/C21H23N3O4S/c1-4-24(5-2)29(27,28)17-9-6-15(7-10-17)21(26)22-16-8-11-18-14(3)12-20(25)23-19(18)13-16/h6-13H,4-5H2,1-3H3,(H,22,26)(H,23,25). The van der Waals surface area contributed by atoms with E-state index in [1.54, 1.807) is 26.0 Å². The van der Waals surface area contributed by atoms with Crippen LogP contribution in [0.15, 0.2) is 58.2 Å². The second kappa shape index (κ2) is 8.18. The van der Waals surface area contributed by atoms with E-state index in [0.717, 1.165) is 10.9 Å². The predicted octanol–water partition coefficient (Wildman–Crippen LogP) is 3.12. The third-order valence-electron chi connectivity index (χ3n) is 4.77. The quantitative estimate of drug-likeness (QED) is 0.648. The van der Waals surface area contributed by atoms with Crippen LogP contribution in [0.5, 0.6) is 0 Å². The molecule has 29 heavy (non-hydrogen) atoms. The number of anilines is 1. The summed E-state index contributed by atoms with van der Waals surface area (Å²) < 4.78 is 26.4. The van der Waals surface area contributed by atoms with Crippen molar-refractivity contribution in [2.24, 2.45) is 0 Å². The summed E-state index contributed by atoms with van der Waals surface area (Å²) in [6, 6.07) is 12.6. The van der Waals surface area contributed by atoms with Crippen molar-refractivity contribution in [3.8, 4) is 0 Å². The van der Waals surface area contributed by atoms with Crippen molar-refractivity contribution in [1.82, 2.24) is 9.29 Å². The summed E-state index contributed by atoms with van der Waals surface area (Å²) in [5.74, 6) is -0.369. The van der Waals surface area contributed by atoms with Crippen LogP contribution in [0.2, 0.25) is 0 Å². The van der Waals surface area contributed by atoms with Crippen molar-refractivity contribution in [2.75, 3.05) is 18.4 Å². The number of pyridine rings is 1. The molecule has 0 aliphatic rings. The third kappa shape index (κ3) is 4.23. The molecule has 3 rings (SSSR count). The van der Waals surface area contributed by atoms with Gasteiger partial charge in [0.25, 0.3) is 5.91 Å². The van der Waals surface area contributed by atoms with Crippen LogP contribution in [-0.2, 0) is 10.0 Å². The smallest absolute Gasteiger partial charge is 0.255 e. The second-order valence-corrected chi connectivity index (χ2v) is 8.58. The number of carbonyl (C=O) groups excluding carboxylic acids is 1. The topological polar surface area (TPSA) is 99.3 Å². The van der Waals surface area contributed by atoms with Gasteiger partial charge in [-0.2, -0.15) is 4.31 Å². The number of sulfonamides is 1. The van der Waals surface area contributed by atoms with Gasteiger partial charge in [0.05, 0.1) is 10.4 Å². The van der Waals surface area contributed by atoms with Crippen molar-refractivity contribution < 1.29 is 13.2 Å². The Morgan fingerprint density at radius 3 is 2.31 bits per heavy atom. The number of aromatic nitrogens is 1. The van der Waals surface area contributed by atoms with E-state index < -0.39 is 10.0 Å². The van der Waals surface area contributed by atoms with Crippen molar-refractivity contribution in [2.45, 2.75) is 25.7 Å². The number of nitrogens with zero attached hydrogens (tertiary/aromatic N) is 1. The first-order valence-corrected chi connectivity index (χ1v) is 10.8. The second-order valence-electron chi connectivity index (χ2n) is 6.64. The van der Waals surface area contributed by atoms with E-state index in [9.17, 15) is 18.0 Å². The van der Waals surface area contributed by atoms with Crippen molar-refractivity contribution in [1.29, 1.82) is 0 Å². The van der Waals surface area contributed by atoms with Crippen LogP contribution in [-0.4, -0.2) is 36.7 Å². The Hall–Kier alpha value is -2.97. The highest BCUT2D eigenvalue weighted by Gasteiger charge is 2.21. The molecule has 0 aliphatic carbocycles. The van der Waals surface area contributed by atoms with E-state index in [-0.39, 0.29) is 16.4 Å². The first-order valence-electron chi connectivity index (χ1n) is 9.31. The van der Waals surface area contributed by atoms with Crippen molar-refractivity contribution >= 4 is 32.5 Å². The Balaban J connectivity index is 1.83. The average molecular weight is 413 g/mol. The molecule has 0 bridgehead atoms. The molecule has 0 fully saturated rings. The minimum absolute atomic E-state index is 0.150. The van der Waals surface area contributed by atoms with Gasteiger partial charge < -0.3 is 10.3 Å². The number of aromatic amines is 1. The normalized spacial score (nSPS) is 11.7. The van der Waals surface area contributed by atoms with Gasteiger partial charge in [0.2, 0.25) is 15.6 Å². The zero-order valence-electron chi connectivity index (χ0n) is 16.5. The van der Waals surface area contributed by atoms with Crippen LogP contribution in [0.4, 0.5) is 5.69 Å². The lowest BCUT2D eigenvalue weighted by Gasteiger charge is -2.18. The SMILES string of the molecule is CCN(CC)S(=O)(=O)c1ccc(C(=O)Nc2ccc3c(C)cc(=O)[nH]c3c2)cc1. The molecule has 2 aromatic carbocycles. The summed E-state index contributed by atoms with van der Waals surface area (Å²) in [5.41, 5.74) is 2.15.